The molecule has 0 aliphatic rings. The molecule has 0 saturated heterocycles. The third-order valence-electron chi connectivity index (χ3n) is 4.58. The molecule has 144 valence electrons. The van der Waals surface area contributed by atoms with Crippen LogP contribution in [0.2, 0.25) is 5.02 Å². The van der Waals surface area contributed by atoms with E-state index in [1.165, 1.54) is 0 Å². The van der Waals surface area contributed by atoms with E-state index in [9.17, 15) is 9.59 Å². The van der Waals surface area contributed by atoms with E-state index in [1.54, 1.807) is 29.8 Å². The van der Waals surface area contributed by atoms with Crippen LogP contribution in [0.3, 0.4) is 0 Å². The maximum atomic E-state index is 13.2. The zero-order chi connectivity index (χ0) is 20.4. The molecule has 0 saturated carbocycles. The summed E-state index contributed by atoms with van der Waals surface area (Å²) in [6.07, 6.45) is 1.78. The van der Waals surface area contributed by atoms with Crippen LogP contribution in [0.15, 0.2) is 77.6 Å². The van der Waals surface area contributed by atoms with Gasteiger partial charge in [0.15, 0.2) is 0 Å². The van der Waals surface area contributed by atoms with Crippen molar-refractivity contribution in [1.82, 2.24) is 4.57 Å². The van der Waals surface area contributed by atoms with Crippen molar-refractivity contribution < 1.29 is 4.79 Å². The fourth-order valence-corrected chi connectivity index (χ4v) is 4.16. The van der Waals surface area contributed by atoms with Crippen LogP contribution in [0.25, 0.3) is 21.9 Å². The van der Waals surface area contributed by atoms with Crippen molar-refractivity contribution >= 4 is 56.4 Å². The van der Waals surface area contributed by atoms with Gasteiger partial charge in [-0.25, -0.2) is 0 Å². The fraction of sp³-hybridized carbons (Fsp3) is 0.0435. The van der Waals surface area contributed by atoms with E-state index in [-0.39, 0.29) is 10.8 Å². The van der Waals surface area contributed by atoms with Crippen LogP contribution in [0, 0.1) is 0 Å². The number of nitrogens with one attached hydrogen (secondary N) is 1. The van der Waals surface area contributed by atoms with Crippen molar-refractivity contribution in [2.75, 3.05) is 5.32 Å². The van der Waals surface area contributed by atoms with Crippen molar-refractivity contribution in [2.45, 2.75) is 0 Å². The van der Waals surface area contributed by atoms with E-state index in [0.717, 1.165) is 32.7 Å². The van der Waals surface area contributed by atoms with Crippen molar-refractivity contribution in [1.29, 1.82) is 0 Å². The molecule has 1 aromatic heterocycles. The molecule has 6 heteroatoms. The number of hydrogen-bond donors (Lipinski definition) is 1. The first kappa shape index (κ1) is 19.2. The number of anilines is 1. The monoisotopic (exact) mass is 420 g/mol. The highest BCUT2D eigenvalue weighted by molar-refractivity contribution is 7.16. The van der Waals surface area contributed by atoms with Gasteiger partial charge < -0.3 is 9.88 Å². The van der Waals surface area contributed by atoms with Gasteiger partial charge in [0, 0.05) is 23.3 Å². The minimum absolute atomic E-state index is 0.0351. The zero-order valence-corrected chi connectivity index (χ0v) is 17.1. The van der Waals surface area contributed by atoms with Crippen LogP contribution >= 0.6 is 22.9 Å². The first-order valence-corrected chi connectivity index (χ1v) is 10.1. The number of rotatable bonds is 4. The van der Waals surface area contributed by atoms with E-state index in [2.05, 4.69) is 5.32 Å². The Morgan fingerprint density at radius 2 is 1.76 bits per heavy atom. The Labute approximate surface area is 176 Å². The molecule has 0 unspecified atom stereocenters. The van der Waals surface area contributed by atoms with Gasteiger partial charge in [-0.1, -0.05) is 71.5 Å². The summed E-state index contributed by atoms with van der Waals surface area (Å²) in [7, 11) is 1.74. The molecule has 4 rings (SSSR count). The highest BCUT2D eigenvalue weighted by Crippen LogP contribution is 2.26. The van der Waals surface area contributed by atoms with E-state index in [4.69, 9.17) is 11.6 Å². The second kappa shape index (κ2) is 8.07. The zero-order valence-electron chi connectivity index (χ0n) is 15.6. The van der Waals surface area contributed by atoms with Crippen molar-refractivity contribution in [2.24, 2.45) is 7.05 Å². The highest BCUT2D eigenvalue weighted by atomic mass is 35.5. The summed E-state index contributed by atoms with van der Waals surface area (Å²) in [5.41, 5.74) is 3.52. The van der Waals surface area contributed by atoms with Gasteiger partial charge in [-0.05, 0) is 41.5 Å². The molecular formula is C23H17ClN2O2S. The highest BCUT2D eigenvalue weighted by Gasteiger charge is 2.14. The molecule has 1 N–H and O–H groups in total. The summed E-state index contributed by atoms with van der Waals surface area (Å²) in [4.78, 5) is 25.0. The van der Waals surface area contributed by atoms with Crippen LogP contribution < -0.4 is 10.2 Å². The molecule has 0 aliphatic heterocycles. The molecule has 3 aromatic carbocycles. The molecular weight excluding hydrogens is 404 g/mol. The normalized spacial score (nSPS) is 11.6. The first-order chi connectivity index (χ1) is 14.0. The second-order valence-corrected chi connectivity index (χ2v) is 7.91. The lowest BCUT2D eigenvalue weighted by atomic mass is 10.0. The van der Waals surface area contributed by atoms with Gasteiger partial charge in [0.2, 0.25) is 0 Å². The molecule has 0 bridgehead atoms. The number of benzene rings is 3. The fourth-order valence-electron chi connectivity index (χ4n) is 3.06. The van der Waals surface area contributed by atoms with Crippen LogP contribution in [0.5, 0.6) is 0 Å². The molecule has 0 fully saturated rings. The average molecular weight is 421 g/mol. The summed E-state index contributed by atoms with van der Waals surface area (Å²) < 4.78 is 2.42. The number of hydrogen-bond acceptors (Lipinski definition) is 3. The quantitative estimate of drug-likeness (QED) is 0.353. The lowest BCUT2D eigenvalue weighted by Gasteiger charge is -2.11. The van der Waals surface area contributed by atoms with Gasteiger partial charge in [0.1, 0.15) is 0 Å². The molecule has 1 heterocycles. The largest absolute Gasteiger partial charge is 0.322 e. The number of carbonyl (C=O) groups is 1. The maximum absolute atomic E-state index is 13.2. The van der Waals surface area contributed by atoms with Crippen LogP contribution in [0.1, 0.15) is 11.1 Å². The predicted molar refractivity (Wildman–Crippen MR) is 121 cm³/mol. The number of halogens is 1. The van der Waals surface area contributed by atoms with Gasteiger partial charge in [0.05, 0.1) is 10.2 Å². The van der Waals surface area contributed by atoms with Crippen molar-refractivity contribution in [3.63, 3.8) is 0 Å². The summed E-state index contributed by atoms with van der Waals surface area (Å²) in [6.45, 7) is 0. The maximum Gasteiger partial charge on any atom is 0.307 e. The molecule has 1 amide bonds. The minimum atomic E-state index is -0.251. The van der Waals surface area contributed by atoms with Gasteiger partial charge in [-0.3, -0.25) is 9.59 Å². The minimum Gasteiger partial charge on any atom is -0.322 e. The van der Waals surface area contributed by atoms with E-state index in [0.29, 0.717) is 16.3 Å². The number of aryl methyl sites for hydroxylation is 1. The average Bonchev–Trinajstić information content (AvgIpc) is 3.01. The van der Waals surface area contributed by atoms with Crippen molar-refractivity contribution in [3.05, 3.63) is 98.6 Å². The molecule has 0 atom stereocenters. The molecule has 4 nitrogen and oxygen atoms in total. The Morgan fingerprint density at radius 3 is 2.52 bits per heavy atom. The van der Waals surface area contributed by atoms with Gasteiger partial charge in [0.25, 0.3) is 5.91 Å². The number of amides is 1. The van der Waals surface area contributed by atoms with E-state index < -0.39 is 0 Å². The Kier molecular flexibility index (Phi) is 5.34. The lowest BCUT2D eigenvalue weighted by Crippen LogP contribution is -2.13. The predicted octanol–water partition coefficient (Wildman–Crippen LogP) is 5.43. The van der Waals surface area contributed by atoms with Crippen molar-refractivity contribution in [3.8, 4) is 0 Å². The first-order valence-electron chi connectivity index (χ1n) is 8.95. The summed E-state index contributed by atoms with van der Waals surface area (Å²) in [5, 5.41) is 3.52. The van der Waals surface area contributed by atoms with Crippen LogP contribution in [0.4, 0.5) is 5.69 Å². The Bertz CT molecular complexity index is 1290. The van der Waals surface area contributed by atoms with Crippen LogP contribution in [-0.2, 0) is 11.8 Å². The molecule has 29 heavy (non-hydrogen) atoms. The van der Waals surface area contributed by atoms with Gasteiger partial charge in [-0.15, -0.1) is 0 Å². The Morgan fingerprint density at radius 1 is 1.03 bits per heavy atom. The van der Waals surface area contributed by atoms with Gasteiger partial charge in [-0.2, -0.15) is 0 Å². The molecule has 0 radical (unpaired) electrons. The molecule has 0 aliphatic carbocycles. The Balaban J connectivity index is 1.72. The molecule has 0 spiro atoms. The topological polar surface area (TPSA) is 51.1 Å². The third kappa shape index (κ3) is 4.01. The number of nitrogens with zero attached hydrogens (tertiary/aromatic N) is 1. The van der Waals surface area contributed by atoms with E-state index >= 15 is 0 Å². The number of thiazole rings is 1. The SMILES string of the molecule is Cn1c(=O)sc2cc(NC(=O)/C(=C/c3ccccc3Cl)c3ccccc3)ccc21. The standard InChI is InChI=1S/C23H17ClN2O2S/c1-26-20-12-11-17(14-21(20)29-23(26)28)25-22(27)18(15-7-3-2-4-8-15)13-16-9-5-6-10-19(16)24/h2-14H,1H3,(H,25,27)/b18-13+. The third-order valence-corrected chi connectivity index (χ3v) is 5.92. The summed E-state index contributed by atoms with van der Waals surface area (Å²) in [5.74, 6) is -0.251. The molecule has 4 aromatic rings. The second-order valence-electron chi connectivity index (χ2n) is 6.51. The number of aromatic nitrogens is 1. The summed E-state index contributed by atoms with van der Waals surface area (Å²) >= 11 is 7.45. The lowest BCUT2D eigenvalue weighted by molar-refractivity contribution is -0.111. The summed E-state index contributed by atoms with van der Waals surface area (Å²) in [6, 6.07) is 22.3. The van der Waals surface area contributed by atoms with Crippen LogP contribution in [-0.4, -0.2) is 10.5 Å². The van der Waals surface area contributed by atoms with Gasteiger partial charge >= 0.3 is 4.87 Å². The Hall–Kier alpha value is -3.15. The number of fused-ring (bicyclic) bond motifs is 1. The smallest absolute Gasteiger partial charge is 0.307 e. The van der Waals surface area contributed by atoms with E-state index in [1.807, 2.05) is 60.7 Å². The number of carbonyl (C=O) groups excluding carboxylic acids is 1.